The molecule has 0 aromatic carbocycles. The van der Waals surface area contributed by atoms with E-state index in [0.29, 0.717) is 23.7 Å². The van der Waals surface area contributed by atoms with Crippen LogP contribution in [-0.4, -0.2) is 59.8 Å². The second-order valence-electron chi connectivity index (χ2n) is 11.4. The minimum Gasteiger partial charge on any atom is -0.457 e. The van der Waals surface area contributed by atoms with Gasteiger partial charge in [0.25, 0.3) is 0 Å². The number of hydrogen-bond donors (Lipinski definition) is 2. The molecule has 0 aromatic rings. The third-order valence-corrected chi connectivity index (χ3v) is 8.73. The van der Waals surface area contributed by atoms with E-state index in [1.807, 2.05) is 0 Å². The third-order valence-electron chi connectivity index (χ3n) is 8.73. The maximum atomic E-state index is 11.4. The van der Waals surface area contributed by atoms with Gasteiger partial charge in [0, 0.05) is 12.8 Å². The van der Waals surface area contributed by atoms with Crippen LogP contribution in [0, 0.1) is 29.6 Å². The van der Waals surface area contributed by atoms with E-state index >= 15 is 0 Å². The van der Waals surface area contributed by atoms with Crippen LogP contribution in [0.3, 0.4) is 0 Å². The lowest BCUT2D eigenvalue weighted by Gasteiger charge is -2.42. The van der Waals surface area contributed by atoms with Crippen LogP contribution in [0.2, 0.25) is 0 Å². The van der Waals surface area contributed by atoms with E-state index in [9.17, 15) is 15.0 Å². The van der Waals surface area contributed by atoms with E-state index in [1.54, 1.807) is 11.1 Å². The molecular weight excluding hydrogens is 448 g/mol. The van der Waals surface area contributed by atoms with Gasteiger partial charge < -0.3 is 29.2 Å². The van der Waals surface area contributed by atoms with Crippen molar-refractivity contribution >= 4 is 5.97 Å². The summed E-state index contributed by atoms with van der Waals surface area (Å²) in [6.07, 6.45) is 6.08. The first-order valence-corrected chi connectivity index (χ1v) is 13.5. The molecule has 7 heteroatoms. The second kappa shape index (κ2) is 11.4. The third kappa shape index (κ3) is 6.02. The molecule has 2 aliphatic carbocycles. The lowest BCUT2D eigenvalue weighted by atomic mass is 9.63. The minimum absolute atomic E-state index is 0.0970. The largest absolute Gasteiger partial charge is 0.457 e. The van der Waals surface area contributed by atoms with E-state index in [2.05, 4.69) is 39.8 Å². The van der Waals surface area contributed by atoms with Crippen LogP contribution in [-0.2, 0) is 23.7 Å². The Morgan fingerprint density at radius 1 is 1.14 bits per heavy atom. The summed E-state index contributed by atoms with van der Waals surface area (Å²) >= 11 is 0. The van der Waals surface area contributed by atoms with Gasteiger partial charge in [-0.2, -0.15) is 0 Å². The molecule has 0 saturated carbocycles. The van der Waals surface area contributed by atoms with E-state index in [4.69, 9.17) is 18.9 Å². The van der Waals surface area contributed by atoms with Crippen LogP contribution in [0.5, 0.6) is 0 Å². The first-order valence-electron chi connectivity index (χ1n) is 13.5. The molecule has 0 radical (unpaired) electrons. The smallest absolute Gasteiger partial charge is 0.303 e. The van der Waals surface area contributed by atoms with Crippen LogP contribution < -0.4 is 0 Å². The summed E-state index contributed by atoms with van der Waals surface area (Å²) in [5.41, 5.74) is 3.12. The summed E-state index contributed by atoms with van der Waals surface area (Å²) in [6.45, 7) is 10.5. The predicted octanol–water partition coefficient (Wildman–Crippen LogP) is 4.12. The molecule has 0 unspecified atom stereocenters. The average Bonchev–Trinajstić information content (AvgIpc) is 3.02. The van der Waals surface area contributed by atoms with Crippen molar-refractivity contribution in [1.82, 2.24) is 0 Å². The normalized spacial score (nSPS) is 41.1. The Morgan fingerprint density at radius 3 is 2.63 bits per heavy atom. The van der Waals surface area contributed by atoms with E-state index < -0.39 is 43.0 Å². The van der Waals surface area contributed by atoms with E-state index in [1.165, 1.54) is 26.2 Å². The highest BCUT2D eigenvalue weighted by atomic mass is 16.8. The zero-order valence-corrected chi connectivity index (χ0v) is 21.9. The summed E-state index contributed by atoms with van der Waals surface area (Å²) in [6, 6.07) is 0. The monoisotopic (exact) mass is 492 g/mol. The van der Waals surface area contributed by atoms with Crippen LogP contribution in [0.15, 0.2) is 23.3 Å². The van der Waals surface area contributed by atoms with Crippen molar-refractivity contribution in [1.29, 1.82) is 0 Å². The van der Waals surface area contributed by atoms with Crippen molar-refractivity contribution in [2.45, 2.75) is 110 Å². The van der Waals surface area contributed by atoms with Gasteiger partial charge in [-0.05, 0) is 63.2 Å². The molecule has 4 aliphatic rings. The Balaban J connectivity index is 1.30. The Morgan fingerprint density at radius 2 is 1.89 bits per heavy atom. The van der Waals surface area contributed by atoms with Crippen molar-refractivity contribution in [2.24, 2.45) is 29.6 Å². The van der Waals surface area contributed by atoms with Gasteiger partial charge in [-0.3, -0.25) is 4.79 Å². The molecule has 0 spiro atoms. The van der Waals surface area contributed by atoms with Gasteiger partial charge >= 0.3 is 5.97 Å². The van der Waals surface area contributed by atoms with Crippen LogP contribution in [0.1, 0.15) is 73.1 Å². The number of esters is 1. The van der Waals surface area contributed by atoms with Crippen molar-refractivity contribution < 1.29 is 34.0 Å². The van der Waals surface area contributed by atoms with Gasteiger partial charge in [-0.1, -0.05) is 50.0 Å². The molecule has 35 heavy (non-hydrogen) atoms. The molecule has 2 saturated heterocycles. The Kier molecular flexibility index (Phi) is 8.75. The molecule has 11 atom stereocenters. The van der Waals surface area contributed by atoms with Crippen molar-refractivity contribution in [2.75, 3.05) is 6.61 Å². The van der Waals surface area contributed by atoms with Crippen LogP contribution in [0.4, 0.5) is 0 Å². The molecule has 2 heterocycles. The predicted molar refractivity (Wildman–Crippen MR) is 131 cm³/mol. The number of aliphatic hydroxyl groups is 2. The fourth-order valence-electron chi connectivity index (χ4n) is 6.56. The van der Waals surface area contributed by atoms with Gasteiger partial charge in [-0.25, -0.2) is 0 Å². The zero-order valence-electron chi connectivity index (χ0n) is 21.9. The number of carbonyl (C=O) groups is 1. The first-order chi connectivity index (χ1) is 16.7. The number of hydrogen-bond acceptors (Lipinski definition) is 7. The lowest BCUT2D eigenvalue weighted by molar-refractivity contribution is -0.306. The summed E-state index contributed by atoms with van der Waals surface area (Å²) in [7, 11) is 0. The Hall–Kier alpha value is -1.25. The molecule has 0 amide bonds. The van der Waals surface area contributed by atoms with Gasteiger partial charge in [-0.15, -0.1) is 0 Å². The molecule has 198 valence electrons. The summed E-state index contributed by atoms with van der Waals surface area (Å²) in [5.74, 6) is 2.28. The standard InChI is InChI=1S/C28H44O7/c1-15-9-11-20-17(3)10-12-21(22(20)13-15)16(2)7-6-8-18(4)27-32-14-23-26(33-19(5)29)24(30)25(31)28(34-23)35-27/h10,13,16,18,20-28,30-31H,6-9,11-12,14H2,1-5H3/t16-,18+,20+,21-,22+,23+,24+,25+,26+,27-,28-/m0/s1. The highest BCUT2D eigenvalue weighted by Gasteiger charge is 2.50. The highest BCUT2D eigenvalue weighted by molar-refractivity contribution is 5.66. The molecule has 2 fully saturated rings. The quantitative estimate of drug-likeness (QED) is 0.408. The summed E-state index contributed by atoms with van der Waals surface area (Å²) in [5, 5.41) is 20.9. The Bertz CT molecular complexity index is 807. The maximum Gasteiger partial charge on any atom is 0.303 e. The average molecular weight is 493 g/mol. The SMILES string of the molecule is CC(=O)O[C@H]1[C@H](O)[C@@H](O)[C@@H]2O[C@@H]([C@H](C)CCC[C@H](C)[C@@H]3CC=C(C)[C@H]4CCC(C)=C[C@@H]34)OC[C@H]1O2. The molecule has 4 rings (SSSR count). The number of allylic oxidation sites excluding steroid dienone is 4. The van der Waals surface area contributed by atoms with Gasteiger partial charge in [0.05, 0.1) is 6.61 Å². The number of fused-ring (bicyclic) bond motifs is 3. The molecule has 2 aliphatic heterocycles. The number of aliphatic hydroxyl groups excluding tert-OH is 2. The molecule has 2 bridgehead atoms. The first kappa shape index (κ1) is 26.8. The number of rotatable bonds is 7. The minimum atomic E-state index is -1.31. The summed E-state index contributed by atoms with van der Waals surface area (Å²) in [4.78, 5) is 11.4. The van der Waals surface area contributed by atoms with E-state index in [-0.39, 0.29) is 12.5 Å². The maximum absolute atomic E-state index is 11.4. The second-order valence-corrected chi connectivity index (χ2v) is 11.4. The Labute approximate surface area is 209 Å². The molecule has 7 nitrogen and oxygen atoms in total. The van der Waals surface area contributed by atoms with Crippen LogP contribution in [0.25, 0.3) is 0 Å². The van der Waals surface area contributed by atoms with Gasteiger partial charge in [0.1, 0.15) is 18.3 Å². The van der Waals surface area contributed by atoms with Gasteiger partial charge in [0.15, 0.2) is 18.7 Å². The molecular formula is C28H44O7. The fourth-order valence-corrected chi connectivity index (χ4v) is 6.56. The number of carbonyl (C=O) groups excluding carboxylic acids is 1. The number of ether oxygens (including phenoxy) is 4. The van der Waals surface area contributed by atoms with Crippen molar-refractivity contribution in [3.8, 4) is 0 Å². The zero-order chi connectivity index (χ0) is 25.3. The fraction of sp³-hybridized carbons (Fsp3) is 0.821. The molecule has 0 aromatic heterocycles. The van der Waals surface area contributed by atoms with Crippen molar-refractivity contribution in [3.63, 3.8) is 0 Å². The highest BCUT2D eigenvalue weighted by Crippen LogP contribution is 2.46. The van der Waals surface area contributed by atoms with Gasteiger partial charge in [0.2, 0.25) is 0 Å². The van der Waals surface area contributed by atoms with E-state index in [0.717, 1.165) is 19.3 Å². The lowest BCUT2D eigenvalue weighted by Crippen LogP contribution is -2.59. The van der Waals surface area contributed by atoms with Crippen LogP contribution >= 0.6 is 0 Å². The topological polar surface area (TPSA) is 94.5 Å². The summed E-state index contributed by atoms with van der Waals surface area (Å²) < 4.78 is 22.9. The van der Waals surface area contributed by atoms with Crippen molar-refractivity contribution in [3.05, 3.63) is 23.3 Å². The molecule has 2 N–H and O–H groups in total.